The summed E-state index contributed by atoms with van der Waals surface area (Å²) in [5.74, 6) is 1.74. The van der Waals surface area contributed by atoms with Crippen LogP contribution in [0.15, 0.2) is 89.5 Å². The highest BCUT2D eigenvalue weighted by atomic mass is 16.5. The minimum atomic E-state index is 0.559. The molecular formula is C32H38N4O2. The van der Waals surface area contributed by atoms with Crippen LogP contribution in [0.3, 0.4) is 0 Å². The largest absolute Gasteiger partial charge is 0.489 e. The summed E-state index contributed by atoms with van der Waals surface area (Å²) < 4.78 is 11.6. The Balaban J connectivity index is 1.07. The van der Waals surface area contributed by atoms with Crippen LogP contribution in [0.2, 0.25) is 0 Å². The maximum atomic E-state index is 5.91. The molecule has 0 spiro atoms. The first-order valence-corrected chi connectivity index (χ1v) is 13.7. The van der Waals surface area contributed by atoms with E-state index in [9.17, 15) is 0 Å². The highest BCUT2D eigenvalue weighted by Gasteiger charge is 2.18. The van der Waals surface area contributed by atoms with Crippen molar-refractivity contribution in [2.75, 3.05) is 50.7 Å². The molecular weight excluding hydrogens is 472 g/mol. The van der Waals surface area contributed by atoms with E-state index in [-0.39, 0.29) is 0 Å². The molecule has 198 valence electrons. The molecule has 0 N–H and O–H groups in total. The van der Waals surface area contributed by atoms with Gasteiger partial charge in [-0.3, -0.25) is 9.80 Å². The third-order valence-corrected chi connectivity index (χ3v) is 7.29. The fourth-order valence-electron chi connectivity index (χ4n) is 4.82. The van der Waals surface area contributed by atoms with Gasteiger partial charge < -0.3 is 14.2 Å². The maximum absolute atomic E-state index is 5.91. The number of aromatic nitrogens is 1. The molecule has 0 atom stereocenters. The number of ether oxygens (including phenoxy) is 1. The van der Waals surface area contributed by atoms with Crippen LogP contribution in [-0.2, 0) is 13.2 Å². The second kappa shape index (κ2) is 12.8. The summed E-state index contributed by atoms with van der Waals surface area (Å²) in [4.78, 5) is 7.49. The van der Waals surface area contributed by atoms with Gasteiger partial charge in [0, 0.05) is 56.6 Å². The Labute approximate surface area is 226 Å². The molecule has 2 heterocycles. The second-order valence-corrected chi connectivity index (χ2v) is 10.0. The van der Waals surface area contributed by atoms with Crippen molar-refractivity contribution >= 4 is 5.69 Å². The number of aryl methyl sites for hydroxylation is 1. The van der Waals surface area contributed by atoms with Gasteiger partial charge in [0.1, 0.15) is 18.1 Å². The molecule has 0 aliphatic carbocycles. The molecule has 0 unspecified atom stereocenters. The Kier molecular flexibility index (Phi) is 8.74. The molecule has 3 aromatic carbocycles. The monoisotopic (exact) mass is 510 g/mol. The lowest BCUT2D eigenvalue weighted by atomic mass is 10.1. The van der Waals surface area contributed by atoms with Gasteiger partial charge in [-0.25, -0.2) is 0 Å². The Morgan fingerprint density at radius 3 is 2.34 bits per heavy atom. The average Bonchev–Trinajstić information content (AvgIpc) is 3.44. The predicted octanol–water partition coefficient (Wildman–Crippen LogP) is 5.87. The van der Waals surface area contributed by atoms with E-state index in [2.05, 4.69) is 76.2 Å². The number of likely N-dealkylation sites (N-methyl/N-ethyl adjacent to an activating group) is 1. The van der Waals surface area contributed by atoms with Crippen LogP contribution in [0.4, 0.5) is 5.69 Å². The molecule has 1 aromatic heterocycles. The Hall–Kier alpha value is -3.61. The van der Waals surface area contributed by atoms with Gasteiger partial charge in [-0.1, -0.05) is 60.1 Å². The molecule has 0 saturated carbocycles. The standard InChI is InChI=1S/C32H38N4O2/c1-3-34(17-18-35-19-21-36(22-20-35)29-13-9-26(2)10-14-29)24-31-23-32(33-38-31)28-11-15-30(16-12-28)37-25-27-7-5-4-6-8-27/h4-16,23H,3,17-22,24-25H2,1-2H3. The summed E-state index contributed by atoms with van der Waals surface area (Å²) in [5.41, 5.74) is 5.69. The number of benzene rings is 3. The van der Waals surface area contributed by atoms with Crippen LogP contribution >= 0.6 is 0 Å². The SMILES string of the molecule is CCN(CCN1CCN(c2ccc(C)cc2)CC1)Cc1cc(-c2ccc(OCc3ccccc3)cc2)no1. The quantitative estimate of drug-likeness (QED) is 0.251. The van der Waals surface area contributed by atoms with E-state index in [1.807, 2.05) is 42.5 Å². The molecule has 5 rings (SSSR count). The van der Waals surface area contributed by atoms with Gasteiger partial charge in [0.2, 0.25) is 0 Å². The van der Waals surface area contributed by atoms with Crippen LogP contribution in [0.1, 0.15) is 23.8 Å². The highest BCUT2D eigenvalue weighted by molar-refractivity contribution is 5.59. The molecule has 38 heavy (non-hydrogen) atoms. The highest BCUT2D eigenvalue weighted by Crippen LogP contribution is 2.23. The van der Waals surface area contributed by atoms with Crippen molar-refractivity contribution in [2.45, 2.75) is 27.0 Å². The van der Waals surface area contributed by atoms with Crippen molar-refractivity contribution in [2.24, 2.45) is 0 Å². The minimum Gasteiger partial charge on any atom is -0.489 e. The zero-order valence-electron chi connectivity index (χ0n) is 22.6. The van der Waals surface area contributed by atoms with Crippen LogP contribution < -0.4 is 9.64 Å². The zero-order chi connectivity index (χ0) is 26.2. The summed E-state index contributed by atoms with van der Waals surface area (Å²) in [6.45, 7) is 13.1. The Bertz CT molecular complexity index is 1250. The van der Waals surface area contributed by atoms with E-state index >= 15 is 0 Å². The summed E-state index contributed by atoms with van der Waals surface area (Å²) in [6, 6.07) is 29.2. The maximum Gasteiger partial charge on any atom is 0.151 e. The van der Waals surface area contributed by atoms with Crippen molar-refractivity contribution in [1.29, 1.82) is 0 Å². The third-order valence-electron chi connectivity index (χ3n) is 7.29. The summed E-state index contributed by atoms with van der Waals surface area (Å²) in [5, 5.41) is 4.33. The summed E-state index contributed by atoms with van der Waals surface area (Å²) in [6.07, 6.45) is 0. The fourth-order valence-corrected chi connectivity index (χ4v) is 4.82. The smallest absolute Gasteiger partial charge is 0.151 e. The van der Waals surface area contributed by atoms with E-state index in [0.29, 0.717) is 6.61 Å². The molecule has 6 heteroatoms. The normalized spacial score (nSPS) is 14.2. The van der Waals surface area contributed by atoms with Crippen molar-refractivity contribution in [3.8, 4) is 17.0 Å². The van der Waals surface area contributed by atoms with Gasteiger partial charge >= 0.3 is 0 Å². The van der Waals surface area contributed by atoms with E-state index in [0.717, 1.165) is 80.7 Å². The van der Waals surface area contributed by atoms with Crippen LogP contribution in [-0.4, -0.2) is 60.8 Å². The van der Waals surface area contributed by atoms with Crippen molar-refractivity contribution in [3.05, 3.63) is 102 Å². The number of anilines is 1. The number of nitrogens with zero attached hydrogens (tertiary/aromatic N) is 4. The van der Waals surface area contributed by atoms with Gasteiger partial charge in [0.15, 0.2) is 5.76 Å². The van der Waals surface area contributed by atoms with E-state index in [4.69, 9.17) is 9.26 Å². The van der Waals surface area contributed by atoms with E-state index in [1.165, 1.54) is 11.3 Å². The average molecular weight is 511 g/mol. The number of piperazine rings is 1. The van der Waals surface area contributed by atoms with Crippen molar-refractivity contribution in [1.82, 2.24) is 15.0 Å². The number of rotatable bonds is 11. The Morgan fingerprint density at radius 1 is 0.895 bits per heavy atom. The fraction of sp³-hybridized carbons (Fsp3) is 0.344. The molecule has 0 radical (unpaired) electrons. The van der Waals surface area contributed by atoms with Crippen LogP contribution in [0, 0.1) is 6.92 Å². The van der Waals surface area contributed by atoms with Crippen molar-refractivity contribution in [3.63, 3.8) is 0 Å². The molecule has 1 saturated heterocycles. The topological polar surface area (TPSA) is 45.0 Å². The molecule has 0 amide bonds. The summed E-state index contributed by atoms with van der Waals surface area (Å²) in [7, 11) is 0. The number of hydrogen-bond acceptors (Lipinski definition) is 6. The molecule has 6 nitrogen and oxygen atoms in total. The van der Waals surface area contributed by atoms with Gasteiger partial charge in [0.05, 0.1) is 6.54 Å². The lowest BCUT2D eigenvalue weighted by Gasteiger charge is -2.37. The third kappa shape index (κ3) is 7.03. The van der Waals surface area contributed by atoms with Crippen LogP contribution in [0.5, 0.6) is 5.75 Å². The molecule has 4 aromatic rings. The van der Waals surface area contributed by atoms with E-state index in [1.54, 1.807) is 0 Å². The predicted molar refractivity (Wildman–Crippen MR) is 153 cm³/mol. The lowest BCUT2D eigenvalue weighted by molar-refractivity contribution is 0.185. The minimum absolute atomic E-state index is 0.559. The van der Waals surface area contributed by atoms with Crippen LogP contribution in [0.25, 0.3) is 11.3 Å². The van der Waals surface area contributed by atoms with Crippen molar-refractivity contribution < 1.29 is 9.26 Å². The van der Waals surface area contributed by atoms with Gasteiger partial charge in [-0.15, -0.1) is 0 Å². The zero-order valence-corrected chi connectivity index (χ0v) is 22.6. The number of hydrogen-bond donors (Lipinski definition) is 0. The van der Waals surface area contributed by atoms with E-state index < -0.39 is 0 Å². The molecule has 1 aliphatic rings. The Morgan fingerprint density at radius 2 is 1.63 bits per heavy atom. The van der Waals surface area contributed by atoms with Gasteiger partial charge in [-0.2, -0.15) is 0 Å². The first-order valence-electron chi connectivity index (χ1n) is 13.7. The first-order chi connectivity index (χ1) is 18.7. The second-order valence-electron chi connectivity index (χ2n) is 10.0. The lowest BCUT2D eigenvalue weighted by Crippen LogP contribution is -2.48. The van der Waals surface area contributed by atoms with Gasteiger partial charge in [0.25, 0.3) is 0 Å². The molecule has 0 bridgehead atoms. The molecule has 1 aliphatic heterocycles. The summed E-state index contributed by atoms with van der Waals surface area (Å²) >= 11 is 0. The van der Waals surface area contributed by atoms with Gasteiger partial charge in [-0.05, 0) is 55.4 Å². The molecule has 1 fully saturated rings. The first kappa shape index (κ1) is 26.0.